The minimum absolute atomic E-state index is 0.225. The normalized spacial score (nSPS) is 26.5. The quantitative estimate of drug-likeness (QED) is 0.654. The van der Waals surface area contributed by atoms with E-state index in [1.807, 2.05) is 6.92 Å². The summed E-state index contributed by atoms with van der Waals surface area (Å²) in [6.07, 6.45) is 2.41. The molecule has 3 heteroatoms. The predicted molar refractivity (Wildman–Crippen MR) is 54.8 cm³/mol. The molecular formula is C10H22N2O. The summed E-state index contributed by atoms with van der Waals surface area (Å²) in [5.41, 5.74) is 0. The standard InChI is InChI=1S/C10H22N2O/c1-3-12-6-4-5-10(12)8-11-7-9(2)13/h9-11,13H,3-8H2,1-2H3. The molecule has 1 rings (SSSR count). The zero-order valence-corrected chi connectivity index (χ0v) is 8.79. The van der Waals surface area contributed by atoms with Crippen molar-refractivity contribution in [3.8, 4) is 0 Å². The average Bonchev–Trinajstić information content (AvgIpc) is 2.51. The Morgan fingerprint density at radius 3 is 3.00 bits per heavy atom. The molecule has 1 fully saturated rings. The lowest BCUT2D eigenvalue weighted by Gasteiger charge is -2.23. The monoisotopic (exact) mass is 186 g/mol. The van der Waals surface area contributed by atoms with Gasteiger partial charge in [0.15, 0.2) is 0 Å². The summed E-state index contributed by atoms with van der Waals surface area (Å²) in [6.45, 7) is 8.18. The van der Waals surface area contributed by atoms with Gasteiger partial charge in [-0.05, 0) is 32.9 Å². The minimum atomic E-state index is -0.225. The van der Waals surface area contributed by atoms with Crippen molar-refractivity contribution in [1.82, 2.24) is 10.2 Å². The van der Waals surface area contributed by atoms with Crippen molar-refractivity contribution < 1.29 is 5.11 Å². The smallest absolute Gasteiger partial charge is 0.0636 e. The van der Waals surface area contributed by atoms with Crippen LogP contribution in [0.1, 0.15) is 26.7 Å². The van der Waals surface area contributed by atoms with Crippen LogP contribution in [0, 0.1) is 0 Å². The van der Waals surface area contributed by atoms with Crippen molar-refractivity contribution in [3.63, 3.8) is 0 Å². The van der Waals surface area contributed by atoms with Gasteiger partial charge in [0.05, 0.1) is 6.10 Å². The largest absolute Gasteiger partial charge is 0.392 e. The van der Waals surface area contributed by atoms with E-state index in [9.17, 15) is 0 Å². The van der Waals surface area contributed by atoms with E-state index in [2.05, 4.69) is 17.1 Å². The van der Waals surface area contributed by atoms with Gasteiger partial charge in [0.1, 0.15) is 0 Å². The van der Waals surface area contributed by atoms with Crippen LogP contribution in [0.15, 0.2) is 0 Å². The number of aliphatic hydroxyl groups is 1. The van der Waals surface area contributed by atoms with Crippen molar-refractivity contribution in [3.05, 3.63) is 0 Å². The van der Waals surface area contributed by atoms with Crippen LogP contribution in [-0.4, -0.2) is 48.3 Å². The molecule has 0 aromatic heterocycles. The Bertz CT molecular complexity index is 139. The van der Waals surface area contributed by atoms with Crippen molar-refractivity contribution in [2.75, 3.05) is 26.2 Å². The summed E-state index contributed by atoms with van der Waals surface area (Å²) in [5, 5.41) is 12.4. The Morgan fingerprint density at radius 1 is 1.62 bits per heavy atom. The second-order valence-electron chi connectivity index (χ2n) is 3.93. The van der Waals surface area contributed by atoms with Gasteiger partial charge in [-0.3, -0.25) is 4.90 Å². The number of nitrogens with one attached hydrogen (secondary N) is 1. The van der Waals surface area contributed by atoms with Gasteiger partial charge in [-0.1, -0.05) is 6.92 Å². The van der Waals surface area contributed by atoms with Crippen LogP contribution in [0.2, 0.25) is 0 Å². The first-order valence-electron chi connectivity index (χ1n) is 5.37. The molecule has 0 bridgehead atoms. The van der Waals surface area contributed by atoms with E-state index in [1.165, 1.54) is 19.4 Å². The molecule has 0 amide bonds. The van der Waals surface area contributed by atoms with Crippen LogP contribution >= 0.6 is 0 Å². The van der Waals surface area contributed by atoms with Gasteiger partial charge >= 0.3 is 0 Å². The Labute approximate surface area is 81.1 Å². The molecule has 0 aromatic carbocycles. The Balaban J connectivity index is 2.13. The zero-order chi connectivity index (χ0) is 9.68. The third-order valence-corrected chi connectivity index (χ3v) is 2.72. The van der Waals surface area contributed by atoms with E-state index >= 15 is 0 Å². The van der Waals surface area contributed by atoms with E-state index in [0.29, 0.717) is 12.6 Å². The summed E-state index contributed by atoms with van der Waals surface area (Å²) in [6, 6.07) is 0.698. The van der Waals surface area contributed by atoms with E-state index in [0.717, 1.165) is 13.1 Å². The van der Waals surface area contributed by atoms with Crippen LogP contribution in [-0.2, 0) is 0 Å². The second kappa shape index (κ2) is 5.58. The van der Waals surface area contributed by atoms with Crippen molar-refractivity contribution in [2.45, 2.75) is 38.8 Å². The highest BCUT2D eigenvalue weighted by Crippen LogP contribution is 2.15. The lowest BCUT2D eigenvalue weighted by atomic mass is 10.2. The molecule has 13 heavy (non-hydrogen) atoms. The van der Waals surface area contributed by atoms with Crippen molar-refractivity contribution in [2.24, 2.45) is 0 Å². The van der Waals surface area contributed by atoms with E-state index < -0.39 is 0 Å². The fourth-order valence-electron chi connectivity index (χ4n) is 2.00. The Hall–Kier alpha value is -0.120. The Kier molecular flexibility index (Phi) is 4.70. The Morgan fingerprint density at radius 2 is 2.38 bits per heavy atom. The first kappa shape index (κ1) is 11.0. The van der Waals surface area contributed by atoms with Crippen molar-refractivity contribution in [1.29, 1.82) is 0 Å². The highest BCUT2D eigenvalue weighted by Gasteiger charge is 2.21. The molecule has 2 atom stereocenters. The van der Waals surface area contributed by atoms with Gasteiger partial charge in [0.25, 0.3) is 0 Å². The first-order chi connectivity index (χ1) is 6.24. The fraction of sp³-hybridized carbons (Fsp3) is 1.00. The van der Waals surface area contributed by atoms with E-state index in [1.54, 1.807) is 0 Å². The molecule has 2 N–H and O–H groups in total. The summed E-state index contributed by atoms with van der Waals surface area (Å²) in [4.78, 5) is 2.51. The molecule has 0 aliphatic carbocycles. The molecule has 1 heterocycles. The number of aliphatic hydroxyl groups excluding tert-OH is 1. The maximum atomic E-state index is 9.07. The maximum Gasteiger partial charge on any atom is 0.0636 e. The highest BCUT2D eigenvalue weighted by molar-refractivity contribution is 4.80. The topological polar surface area (TPSA) is 35.5 Å². The number of hydrogen-bond acceptors (Lipinski definition) is 3. The third-order valence-electron chi connectivity index (χ3n) is 2.72. The molecule has 1 aliphatic heterocycles. The lowest BCUT2D eigenvalue weighted by molar-refractivity contribution is 0.183. The van der Waals surface area contributed by atoms with Gasteiger partial charge in [-0.15, -0.1) is 0 Å². The number of hydrogen-bond donors (Lipinski definition) is 2. The first-order valence-corrected chi connectivity index (χ1v) is 5.37. The predicted octanol–water partition coefficient (Wildman–Crippen LogP) is 0.441. The van der Waals surface area contributed by atoms with Gasteiger partial charge in [0.2, 0.25) is 0 Å². The maximum absolute atomic E-state index is 9.07. The molecule has 0 radical (unpaired) electrons. The number of nitrogens with zero attached hydrogens (tertiary/aromatic N) is 1. The zero-order valence-electron chi connectivity index (χ0n) is 8.79. The van der Waals surface area contributed by atoms with Gasteiger partial charge < -0.3 is 10.4 Å². The average molecular weight is 186 g/mol. The molecule has 0 saturated carbocycles. The minimum Gasteiger partial charge on any atom is -0.392 e. The molecule has 78 valence electrons. The second-order valence-corrected chi connectivity index (χ2v) is 3.93. The molecule has 0 spiro atoms. The number of rotatable bonds is 5. The van der Waals surface area contributed by atoms with Crippen LogP contribution < -0.4 is 5.32 Å². The van der Waals surface area contributed by atoms with Gasteiger partial charge in [-0.2, -0.15) is 0 Å². The van der Waals surface area contributed by atoms with Crippen LogP contribution in [0.4, 0.5) is 0 Å². The van der Waals surface area contributed by atoms with Gasteiger partial charge in [-0.25, -0.2) is 0 Å². The van der Waals surface area contributed by atoms with E-state index in [4.69, 9.17) is 5.11 Å². The molecule has 0 aromatic rings. The number of likely N-dealkylation sites (tertiary alicyclic amines) is 1. The van der Waals surface area contributed by atoms with Crippen LogP contribution in [0.5, 0.6) is 0 Å². The molecule has 3 nitrogen and oxygen atoms in total. The lowest BCUT2D eigenvalue weighted by Crippen LogP contribution is -2.39. The summed E-state index contributed by atoms with van der Waals surface area (Å²) < 4.78 is 0. The van der Waals surface area contributed by atoms with Crippen LogP contribution in [0.3, 0.4) is 0 Å². The summed E-state index contributed by atoms with van der Waals surface area (Å²) >= 11 is 0. The molecule has 2 unspecified atom stereocenters. The summed E-state index contributed by atoms with van der Waals surface area (Å²) in [7, 11) is 0. The molecule has 1 saturated heterocycles. The summed E-state index contributed by atoms with van der Waals surface area (Å²) in [5.74, 6) is 0. The van der Waals surface area contributed by atoms with Crippen LogP contribution in [0.25, 0.3) is 0 Å². The third kappa shape index (κ3) is 3.63. The molecular weight excluding hydrogens is 164 g/mol. The number of likely N-dealkylation sites (N-methyl/N-ethyl adjacent to an activating group) is 1. The van der Waals surface area contributed by atoms with Crippen molar-refractivity contribution >= 4 is 0 Å². The van der Waals surface area contributed by atoms with Gasteiger partial charge in [0, 0.05) is 19.1 Å². The molecule has 1 aliphatic rings. The van der Waals surface area contributed by atoms with E-state index in [-0.39, 0.29) is 6.10 Å². The highest BCUT2D eigenvalue weighted by atomic mass is 16.3. The SMILES string of the molecule is CCN1CCCC1CNCC(C)O. The fourth-order valence-corrected chi connectivity index (χ4v) is 2.00.